The van der Waals surface area contributed by atoms with Crippen molar-refractivity contribution in [3.63, 3.8) is 0 Å². The third-order valence-corrected chi connectivity index (χ3v) is 8.10. The van der Waals surface area contributed by atoms with Crippen molar-refractivity contribution in [1.29, 1.82) is 0 Å². The van der Waals surface area contributed by atoms with Gasteiger partial charge in [0, 0.05) is 36.5 Å². The highest BCUT2D eigenvalue weighted by Crippen LogP contribution is 2.44. The molecule has 1 spiro atoms. The number of aryl methyl sites for hydroxylation is 1. The van der Waals surface area contributed by atoms with Crippen LogP contribution in [0, 0.1) is 6.92 Å². The van der Waals surface area contributed by atoms with Crippen molar-refractivity contribution in [1.82, 2.24) is 9.80 Å². The number of amides is 2. The Morgan fingerprint density at radius 2 is 1.39 bits per heavy atom. The summed E-state index contributed by atoms with van der Waals surface area (Å²) in [6.07, 6.45) is 1.64. The van der Waals surface area contributed by atoms with E-state index in [1.807, 2.05) is 60.0 Å². The Kier molecular flexibility index (Phi) is 5.91. The normalized spacial score (nSPS) is 18.5. The number of thioether (sulfide) groups is 1. The predicted molar refractivity (Wildman–Crippen MR) is 128 cm³/mol. The molecule has 2 heterocycles. The van der Waals surface area contributed by atoms with Crippen molar-refractivity contribution in [3.05, 3.63) is 70.8 Å². The van der Waals surface area contributed by atoms with Crippen LogP contribution in [0.1, 0.15) is 65.5 Å². The Labute approximate surface area is 190 Å². The third-order valence-electron chi connectivity index (χ3n) is 6.55. The van der Waals surface area contributed by atoms with Crippen LogP contribution in [0.2, 0.25) is 0 Å². The second-order valence-electron chi connectivity index (χ2n) is 9.74. The minimum absolute atomic E-state index is 0.0725. The van der Waals surface area contributed by atoms with Crippen LogP contribution in [-0.2, 0) is 5.41 Å². The van der Waals surface area contributed by atoms with Gasteiger partial charge in [-0.2, -0.15) is 0 Å². The number of hydrogen-bond donors (Lipinski definition) is 0. The highest BCUT2D eigenvalue weighted by Gasteiger charge is 2.47. The van der Waals surface area contributed by atoms with E-state index in [-0.39, 0.29) is 22.1 Å². The number of carbonyl (C=O) groups excluding carboxylic acids is 2. The van der Waals surface area contributed by atoms with Crippen LogP contribution >= 0.6 is 11.8 Å². The number of nitrogens with zero attached hydrogens (tertiary/aromatic N) is 2. The van der Waals surface area contributed by atoms with Gasteiger partial charge in [0.15, 0.2) is 0 Å². The molecule has 0 bridgehead atoms. The van der Waals surface area contributed by atoms with Gasteiger partial charge >= 0.3 is 0 Å². The van der Waals surface area contributed by atoms with Crippen LogP contribution in [0.4, 0.5) is 0 Å². The predicted octanol–water partition coefficient (Wildman–Crippen LogP) is 5.11. The lowest BCUT2D eigenvalue weighted by Gasteiger charge is -2.44. The minimum Gasteiger partial charge on any atom is -0.338 e. The number of hydrogen-bond acceptors (Lipinski definition) is 3. The fourth-order valence-corrected chi connectivity index (χ4v) is 5.97. The quantitative estimate of drug-likeness (QED) is 0.656. The molecular formula is C26H32N2O2S. The number of likely N-dealkylation sites (tertiary alicyclic amines) is 1. The van der Waals surface area contributed by atoms with Gasteiger partial charge in [0.25, 0.3) is 11.8 Å². The first-order valence-corrected chi connectivity index (χ1v) is 12.1. The van der Waals surface area contributed by atoms with Crippen molar-refractivity contribution in [2.45, 2.75) is 50.8 Å². The fourth-order valence-electron chi connectivity index (χ4n) is 4.52. The summed E-state index contributed by atoms with van der Waals surface area (Å²) in [7, 11) is 0. The van der Waals surface area contributed by atoms with Gasteiger partial charge in [0.1, 0.15) is 0 Å². The third kappa shape index (κ3) is 4.38. The first-order valence-electron chi connectivity index (χ1n) is 11.1. The summed E-state index contributed by atoms with van der Waals surface area (Å²) in [5.74, 6) is 1.16. The molecule has 0 unspecified atom stereocenters. The molecule has 2 aliphatic heterocycles. The number of rotatable bonds is 2. The zero-order chi connectivity index (χ0) is 22.2. The summed E-state index contributed by atoms with van der Waals surface area (Å²) >= 11 is 1.88. The van der Waals surface area contributed by atoms with E-state index in [0.717, 1.165) is 41.8 Å². The minimum atomic E-state index is -0.191. The van der Waals surface area contributed by atoms with Gasteiger partial charge in [-0.25, -0.2) is 0 Å². The zero-order valence-corrected chi connectivity index (χ0v) is 19.8. The Bertz CT molecular complexity index is 952. The zero-order valence-electron chi connectivity index (χ0n) is 19.0. The summed E-state index contributed by atoms with van der Waals surface area (Å²) < 4.78 is 0. The maximum absolute atomic E-state index is 13.4. The SMILES string of the molecule is Cc1ccc(C(=O)N2CCC3(CC2)SCCN3C(=O)c2ccc(C(C)(C)C)cc2)cc1. The van der Waals surface area contributed by atoms with E-state index < -0.39 is 0 Å². The molecule has 0 N–H and O–H groups in total. The molecule has 0 atom stereocenters. The first-order chi connectivity index (χ1) is 14.7. The van der Waals surface area contributed by atoms with Crippen LogP contribution in [0.5, 0.6) is 0 Å². The maximum atomic E-state index is 13.4. The van der Waals surface area contributed by atoms with Gasteiger partial charge in [-0.15, -0.1) is 11.8 Å². The van der Waals surface area contributed by atoms with Gasteiger partial charge < -0.3 is 9.80 Å². The number of piperidine rings is 1. The Balaban J connectivity index is 1.45. The van der Waals surface area contributed by atoms with Crippen LogP contribution in [0.25, 0.3) is 0 Å². The second kappa shape index (κ2) is 8.34. The smallest absolute Gasteiger partial charge is 0.254 e. The molecule has 0 radical (unpaired) electrons. The molecule has 2 saturated heterocycles. The molecular weight excluding hydrogens is 404 g/mol. The molecule has 0 aliphatic carbocycles. The largest absolute Gasteiger partial charge is 0.338 e. The molecule has 2 amide bonds. The summed E-state index contributed by atoms with van der Waals surface area (Å²) in [4.78, 5) is 30.1. The lowest BCUT2D eigenvalue weighted by atomic mass is 9.86. The Morgan fingerprint density at radius 3 is 1.97 bits per heavy atom. The highest BCUT2D eigenvalue weighted by atomic mass is 32.2. The molecule has 2 aromatic carbocycles. The van der Waals surface area contributed by atoms with Gasteiger partial charge in [0.05, 0.1) is 4.87 Å². The molecule has 31 heavy (non-hydrogen) atoms. The van der Waals surface area contributed by atoms with Crippen molar-refractivity contribution in [2.75, 3.05) is 25.4 Å². The average molecular weight is 437 g/mol. The Morgan fingerprint density at radius 1 is 0.839 bits per heavy atom. The molecule has 5 heteroatoms. The molecule has 0 aromatic heterocycles. The lowest BCUT2D eigenvalue weighted by molar-refractivity contribution is 0.0498. The van der Waals surface area contributed by atoms with E-state index in [2.05, 4.69) is 37.8 Å². The second-order valence-corrected chi connectivity index (χ2v) is 11.2. The van der Waals surface area contributed by atoms with Gasteiger partial charge in [-0.05, 0) is 55.0 Å². The van der Waals surface area contributed by atoms with E-state index in [0.29, 0.717) is 13.1 Å². The van der Waals surface area contributed by atoms with E-state index in [1.54, 1.807) is 0 Å². The Hall–Kier alpha value is -2.27. The van der Waals surface area contributed by atoms with Crippen molar-refractivity contribution in [3.8, 4) is 0 Å². The van der Waals surface area contributed by atoms with E-state index in [9.17, 15) is 9.59 Å². The summed E-state index contributed by atoms with van der Waals surface area (Å²) in [6, 6.07) is 15.9. The molecule has 4 nitrogen and oxygen atoms in total. The topological polar surface area (TPSA) is 40.6 Å². The fraction of sp³-hybridized carbons (Fsp3) is 0.462. The molecule has 4 rings (SSSR count). The number of benzene rings is 2. The van der Waals surface area contributed by atoms with Gasteiger partial charge in [-0.3, -0.25) is 9.59 Å². The summed E-state index contributed by atoms with van der Waals surface area (Å²) in [5, 5.41) is 0. The van der Waals surface area contributed by atoms with E-state index in [1.165, 1.54) is 5.56 Å². The molecule has 164 valence electrons. The molecule has 2 fully saturated rings. The van der Waals surface area contributed by atoms with Crippen molar-refractivity contribution >= 4 is 23.6 Å². The van der Waals surface area contributed by atoms with Crippen LogP contribution in [0.3, 0.4) is 0 Å². The van der Waals surface area contributed by atoms with Gasteiger partial charge in [0.2, 0.25) is 0 Å². The monoisotopic (exact) mass is 436 g/mol. The average Bonchev–Trinajstić information content (AvgIpc) is 3.16. The van der Waals surface area contributed by atoms with Gasteiger partial charge in [-0.1, -0.05) is 50.6 Å². The first kappa shape index (κ1) is 21.9. The van der Waals surface area contributed by atoms with Crippen LogP contribution in [0.15, 0.2) is 48.5 Å². The molecule has 0 saturated carbocycles. The highest BCUT2D eigenvalue weighted by molar-refractivity contribution is 8.00. The van der Waals surface area contributed by atoms with E-state index >= 15 is 0 Å². The molecule has 2 aliphatic rings. The van der Waals surface area contributed by atoms with Crippen molar-refractivity contribution < 1.29 is 9.59 Å². The van der Waals surface area contributed by atoms with Crippen LogP contribution < -0.4 is 0 Å². The summed E-state index contributed by atoms with van der Waals surface area (Å²) in [6.45, 7) is 10.7. The number of carbonyl (C=O) groups is 2. The maximum Gasteiger partial charge on any atom is 0.254 e. The standard InChI is InChI=1S/C26H32N2O2S/c1-19-5-7-20(8-6-19)23(29)27-15-13-26(14-16-27)28(17-18-31-26)24(30)21-9-11-22(12-10-21)25(2,3)4/h5-12H,13-18H2,1-4H3. The van der Waals surface area contributed by atoms with E-state index in [4.69, 9.17) is 0 Å². The lowest BCUT2D eigenvalue weighted by Crippen LogP contribution is -2.53. The van der Waals surface area contributed by atoms with Crippen LogP contribution in [-0.4, -0.2) is 51.9 Å². The molecule has 2 aromatic rings. The summed E-state index contributed by atoms with van der Waals surface area (Å²) in [5.41, 5.74) is 3.96. The van der Waals surface area contributed by atoms with Crippen molar-refractivity contribution in [2.24, 2.45) is 0 Å².